The Morgan fingerprint density at radius 3 is 2.58 bits per heavy atom. The van der Waals surface area contributed by atoms with Crippen molar-refractivity contribution in [3.05, 3.63) is 11.7 Å². The summed E-state index contributed by atoms with van der Waals surface area (Å²) in [4.78, 5) is 4.05. The smallest absolute Gasteiger partial charge is 0.243 e. The number of hydrogen-bond acceptors (Lipinski definition) is 5. The van der Waals surface area contributed by atoms with Crippen LogP contribution in [0.5, 0.6) is 0 Å². The molecule has 12 heavy (non-hydrogen) atoms. The predicted molar refractivity (Wildman–Crippen MR) is 42.3 cm³/mol. The zero-order valence-electron chi connectivity index (χ0n) is 7.44. The van der Waals surface area contributed by atoms with Gasteiger partial charge in [0.05, 0.1) is 6.04 Å². The van der Waals surface area contributed by atoms with Gasteiger partial charge in [-0.1, -0.05) is 5.16 Å². The molecule has 0 aliphatic carbocycles. The second kappa shape index (κ2) is 3.64. The van der Waals surface area contributed by atoms with E-state index in [2.05, 4.69) is 10.1 Å². The van der Waals surface area contributed by atoms with Crippen molar-refractivity contribution in [2.45, 2.75) is 26.0 Å². The van der Waals surface area contributed by atoms with Crippen LogP contribution in [0.4, 0.5) is 0 Å². The van der Waals surface area contributed by atoms with Crippen molar-refractivity contribution in [3.63, 3.8) is 0 Å². The first-order valence-electron chi connectivity index (χ1n) is 3.77. The predicted octanol–water partition coefficient (Wildman–Crippen LogP) is 0.797. The number of methoxy groups -OCH3 is 1. The lowest BCUT2D eigenvalue weighted by Crippen LogP contribution is -2.06. The molecule has 1 heterocycles. The molecule has 0 saturated heterocycles. The molecule has 0 fully saturated rings. The highest BCUT2D eigenvalue weighted by atomic mass is 16.5. The number of ether oxygens (including phenoxy) is 1. The molecule has 0 unspecified atom stereocenters. The van der Waals surface area contributed by atoms with E-state index in [9.17, 15) is 0 Å². The van der Waals surface area contributed by atoms with Gasteiger partial charge in [-0.3, -0.25) is 0 Å². The van der Waals surface area contributed by atoms with Gasteiger partial charge in [0, 0.05) is 7.11 Å². The molecule has 5 nitrogen and oxygen atoms in total. The molecule has 0 bridgehead atoms. The first-order chi connectivity index (χ1) is 5.65. The molecule has 0 amide bonds. The van der Waals surface area contributed by atoms with Crippen LogP contribution < -0.4 is 5.73 Å². The minimum atomic E-state index is -0.227. The average molecular weight is 171 g/mol. The van der Waals surface area contributed by atoms with Crippen molar-refractivity contribution in [2.24, 2.45) is 5.73 Å². The largest absolute Gasteiger partial charge is 0.374 e. The standard InChI is InChI=1S/C7H13N3O2/c1-4(8)7-9-6(10-12-7)5(2)11-3/h4-5H,8H2,1-3H3/t4-,5+/m1/s1. The summed E-state index contributed by atoms with van der Waals surface area (Å²) in [6.45, 7) is 3.63. The van der Waals surface area contributed by atoms with Gasteiger partial charge in [-0.2, -0.15) is 4.98 Å². The van der Waals surface area contributed by atoms with Crippen molar-refractivity contribution in [1.82, 2.24) is 10.1 Å². The van der Waals surface area contributed by atoms with Gasteiger partial charge in [0.25, 0.3) is 0 Å². The Morgan fingerprint density at radius 2 is 2.17 bits per heavy atom. The fraction of sp³-hybridized carbons (Fsp3) is 0.714. The summed E-state index contributed by atoms with van der Waals surface area (Å²) in [6, 6.07) is -0.227. The second-order valence-corrected chi connectivity index (χ2v) is 2.66. The molecule has 2 atom stereocenters. The summed E-state index contributed by atoms with van der Waals surface area (Å²) in [5.41, 5.74) is 5.53. The summed E-state index contributed by atoms with van der Waals surface area (Å²) in [5.74, 6) is 0.971. The van der Waals surface area contributed by atoms with Crippen LogP contribution in [0.25, 0.3) is 0 Å². The van der Waals surface area contributed by atoms with E-state index in [1.807, 2.05) is 6.92 Å². The summed E-state index contributed by atoms with van der Waals surface area (Å²) in [6.07, 6.45) is -0.152. The Bertz CT molecular complexity index is 247. The molecule has 0 aliphatic rings. The normalized spacial score (nSPS) is 16.0. The van der Waals surface area contributed by atoms with E-state index in [0.29, 0.717) is 11.7 Å². The average Bonchev–Trinajstić information content (AvgIpc) is 2.51. The maximum Gasteiger partial charge on any atom is 0.243 e. The highest BCUT2D eigenvalue weighted by Crippen LogP contribution is 2.13. The van der Waals surface area contributed by atoms with E-state index in [1.54, 1.807) is 14.0 Å². The molecule has 2 N–H and O–H groups in total. The third-order valence-electron chi connectivity index (χ3n) is 1.56. The minimum absolute atomic E-state index is 0.152. The van der Waals surface area contributed by atoms with E-state index < -0.39 is 0 Å². The van der Waals surface area contributed by atoms with Crippen molar-refractivity contribution >= 4 is 0 Å². The highest BCUT2D eigenvalue weighted by Gasteiger charge is 2.14. The Morgan fingerprint density at radius 1 is 1.50 bits per heavy atom. The molecular weight excluding hydrogens is 158 g/mol. The third kappa shape index (κ3) is 1.80. The molecule has 0 saturated carbocycles. The lowest BCUT2D eigenvalue weighted by atomic mass is 10.3. The lowest BCUT2D eigenvalue weighted by molar-refractivity contribution is 0.109. The summed E-state index contributed by atoms with van der Waals surface area (Å²) < 4.78 is 9.89. The van der Waals surface area contributed by atoms with E-state index >= 15 is 0 Å². The van der Waals surface area contributed by atoms with Crippen LogP contribution in [0.2, 0.25) is 0 Å². The highest BCUT2D eigenvalue weighted by molar-refractivity contribution is 4.92. The number of aromatic nitrogens is 2. The van der Waals surface area contributed by atoms with Crippen LogP contribution in [0.3, 0.4) is 0 Å². The van der Waals surface area contributed by atoms with Gasteiger partial charge in [0.1, 0.15) is 6.10 Å². The van der Waals surface area contributed by atoms with E-state index in [0.717, 1.165) is 0 Å². The van der Waals surface area contributed by atoms with Gasteiger partial charge in [0.15, 0.2) is 5.82 Å². The number of rotatable bonds is 3. The number of hydrogen-bond donors (Lipinski definition) is 1. The van der Waals surface area contributed by atoms with Gasteiger partial charge in [-0.05, 0) is 13.8 Å². The SMILES string of the molecule is CO[C@@H](C)c1noc([C@@H](C)N)n1. The molecule has 0 aliphatic heterocycles. The first kappa shape index (κ1) is 9.15. The van der Waals surface area contributed by atoms with Crippen molar-refractivity contribution in [1.29, 1.82) is 0 Å². The molecule has 5 heteroatoms. The van der Waals surface area contributed by atoms with Gasteiger partial charge < -0.3 is 15.0 Å². The Kier molecular flexibility index (Phi) is 2.78. The zero-order chi connectivity index (χ0) is 9.14. The molecule has 1 rings (SSSR count). The summed E-state index contributed by atoms with van der Waals surface area (Å²) >= 11 is 0. The van der Waals surface area contributed by atoms with Gasteiger partial charge in [0.2, 0.25) is 5.89 Å². The first-order valence-corrected chi connectivity index (χ1v) is 3.77. The van der Waals surface area contributed by atoms with Gasteiger partial charge in [-0.15, -0.1) is 0 Å². The molecule has 0 radical (unpaired) electrons. The molecule has 0 aromatic carbocycles. The van der Waals surface area contributed by atoms with E-state index in [1.165, 1.54) is 0 Å². The topological polar surface area (TPSA) is 74.2 Å². The Balaban J connectivity index is 2.77. The Labute approximate surface area is 70.9 Å². The summed E-state index contributed by atoms with van der Waals surface area (Å²) in [5, 5.41) is 3.72. The van der Waals surface area contributed by atoms with Gasteiger partial charge in [-0.25, -0.2) is 0 Å². The van der Waals surface area contributed by atoms with E-state index in [4.69, 9.17) is 15.0 Å². The monoisotopic (exact) mass is 171 g/mol. The lowest BCUT2D eigenvalue weighted by Gasteiger charge is -2.01. The molecule has 68 valence electrons. The van der Waals surface area contributed by atoms with Crippen LogP contribution >= 0.6 is 0 Å². The fourth-order valence-corrected chi connectivity index (χ4v) is 0.703. The quantitative estimate of drug-likeness (QED) is 0.728. The second-order valence-electron chi connectivity index (χ2n) is 2.66. The van der Waals surface area contributed by atoms with Crippen LogP contribution in [-0.2, 0) is 4.74 Å². The van der Waals surface area contributed by atoms with Crippen LogP contribution in [-0.4, -0.2) is 17.3 Å². The fourth-order valence-electron chi connectivity index (χ4n) is 0.703. The third-order valence-corrected chi connectivity index (χ3v) is 1.56. The van der Waals surface area contributed by atoms with Crippen LogP contribution in [0.1, 0.15) is 37.7 Å². The number of nitrogens with zero attached hydrogens (tertiary/aromatic N) is 2. The van der Waals surface area contributed by atoms with Crippen LogP contribution in [0.15, 0.2) is 4.52 Å². The molecule has 1 aromatic rings. The molecule has 1 aromatic heterocycles. The van der Waals surface area contributed by atoms with Gasteiger partial charge >= 0.3 is 0 Å². The minimum Gasteiger partial charge on any atom is -0.374 e. The Hall–Kier alpha value is -0.940. The molecule has 0 spiro atoms. The number of nitrogens with two attached hydrogens (primary N) is 1. The molecular formula is C7H13N3O2. The maximum absolute atomic E-state index is 5.53. The zero-order valence-corrected chi connectivity index (χ0v) is 7.44. The van der Waals surface area contributed by atoms with Crippen LogP contribution in [0, 0.1) is 0 Å². The maximum atomic E-state index is 5.53. The van der Waals surface area contributed by atoms with E-state index in [-0.39, 0.29) is 12.1 Å². The van der Waals surface area contributed by atoms with Crippen molar-refractivity contribution in [3.8, 4) is 0 Å². The van der Waals surface area contributed by atoms with Crippen molar-refractivity contribution < 1.29 is 9.26 Å². The summed E-state index contributed by atoms with van der Waals surface area (Å²) in [7, 11) is 1.59. The van der Waals surface area contributed by atoms with Crippen molar-refractivity contribution in [2.75, 3.05) is 7.11 Å².